The van der Waals surface area contributed by atoms with E-state index in [0.29, 0.717) is 17.8 Å². The Hall–Kier alpha value is -2.36. The van der Waals surface area contributed by atoms with Gasteiger partial charge in [-0.1, -0.05) is 6.92 Å². The molecule has 1 aromatic carbocycles. The monoisotopic (exact) mass is 254 g/mol. The Morgan fingerprint density at radius 2 is 2.16 bits per heavy atom. The third kappa shape index (κ3) is 1.85. The van der Waals surface area contributed by atoms with Gasteiger partial charge in [0.2, 0.25) is 0 Å². The van der Waals surface area contributed by atoms with Crippen LogP contribution in [0.4, 0.5) is 0 Å². The molecule has 0 saturated heterocycles. The Morgan fingerprint density at radius 1 is 1.32 bits per heavy atom. The molecular weight excluding hydrogens is 240 g/mol. The number of imidazole rings is 1. The van der Waals surface area contributed by atoms with Crippen LogP contribution in [-0.4, -0.2) is 15.8 Å². The fourth-order valence-corrected chi connectivity index (χ4v) is 2.29. The number of nitrogens with zero attached hydrogens (tertiary/aromatic N) is 2. The van der Waals surface area contributed by atoms with Crippen molar-refractivity contribution in [3.8, 4) is 11.3 Å². The molecule has 0 spiro atoms. The van der Waals surface area contributed by atoms with E-state index >= 15 is 0 Å². The zero-order valence-electron chi connectivity index (χ0n) is 10.9. The van der Waals surface area contributed by atoms with Crippen molar-refractivity contribution < 1.29 is 9.21 Å². The van der Waals surface area contributed by atoms with E-state index in [-0.39, 0.29) is 0 Å². The molecule has 2 aromatic heterocycles. The van der Waals surface area contributed by atoms with Crippen LogP contribution < -0.4 is 0 Å². The molecule has 0 aliphatic rings. The second kappa shape index (κ2) is 4.39. The highest BCUT2D eigenvalue weighted by Gasteiger charge is 2.09. The van der Waals surface area contributed by atoms with E-state index in [0.717, 1.165) is 28.8 Å². The number of benzene rings is 1. The molecule has 0 fully saturated rings. The van der Waals surface area contributed by atoms with Gasteiger partial charge in [0.25, 0.3) is 0 Å². The van der Waals surface area contributed by atoms with Gasteiger partial charge in [-0.2, -0.15) is 0 Å². The molecule has 3 aromatic rings. The van der Waals surface area contributed by atoms with Crippen molar-refractivity contribution in [3.63, 3.8) is 0 Å². The van der Waals surface area contributed by atoms with Crippen LogP contribution in [0.3, 0.4) is 0 Å². The molecule has 0 saturated carbocycles. The summed E-state index contributed by atoms with van der Waals surface area (Å²) in [5.41, 5.74) is 2.98. The molecule has 0 N–H and O–H groups in total. The molecule has 2 heterocycles. The fourth-order valence-electron chi connectivity index (χ4n) is 2.29. The number of rotatable bonds is 3. The summed E-state index contributed by atoms with van der Waals surface area (Å²) in [6.45, 7) is 2.09. The van der Waals surface area contributed by atoms with Crippen molar-refractivity contribution in [1.82, 2.24) is 9.55 Å². The summed E-state index contributed by atoms with van der Waals surface area (Å²) in [7, 11) is 2.02. The van der Waals surface area contributed by atoms with E-state index in [2.05, 4.69) is 16.5 Å². The van der Waals surface area contributed by atoms with Crippen LogP contribution in [0.1, 0.15) is 23.3 Å². The quantitative estimate of drug-likeness (QED) is 0.674. The molecule has 0 aliphatic carbocycles. The van der Waals surface area contributed by atoms with Crippen LogP contribution in [0.5, 0.6) is 0 Å². The number of aryl methyl sites for hydroxylation is 2. The van der Waals surface area contributed by atoms with E-state index in [4.69, 9.17) is 4.42 Å². The number of hydrogen-bond donors (Lipinski definition) is 0. The van der Waals surface area contributed by atoms with Gasteiger partial charge in [0, 0.05) is 19.0 Å². The zero-order chi connectivity index (χ0) is 13.4. The first-order valence-corrected chi connectivity index (χ1v) is 6.23. The molecule has 0 radical (unpaired) electrons. The Labute approximate surface area is 110 Å². The summed E-state index contributed by atoms with van der Waals surface area (Å²) in [6.07, 6.45) is 1.61. The first kappa shape index (κ1) is 11.7. The Balaban J connectivity index is 2.13. The summed E-state index contributed by atoms with van der Waals surface area (Å²) in [5.74, 6) is 2.08. The molecule has 0 atom stereocenters. The van der Waals surface area contributed by atoms with Gasteiger partial charge in [-0.05, 0) is 30.3 Å². The predicted molar refractivity (Wildman–Crippen MR) is 73.2 cm³/mol. The lowest BCUT2D eigenvalue weighted by Gasteiger charge is -1.99. The summed E-state index contributed by atoms with van der Waals surface area (Å²) >= 11 is 0. The Morgan fingerprint density at radius 3 is 2.84 bits per heavy atom. The largest absolute Gasteiger partial charge is 0.453 e. The van der Waals surface area contributed by atoms with Gasteiger partial charge in [0.05, 0.1) is 11.0 Å². The maximum atomic E-state index is 10.6. The maximum Gasteiger partial charge on any atom is 0.185 e. The lowest BCUT2D eigenvalue weighted by molar-refractivity contribution is 0.110. The number of aldehydes is 1. The second-order valence-electron chi connectivity index (χ2n) is 4.46. The first-order chi connectivity index (χ1) is 9.22. The zero-order valence-corrected chi connectivity index (χ0v) is 10.9. The lowest BCUT2D eigenvalue weighted by atomic mass is 10.1. The number of carbonyl (C=O) groups is 1. The summed E-state index contributed by atoms with van der Waals surface area (Å²) in [5, 5.41) is 0. The van der Waals surface area contributed by atoms with Crippen LogP contribution in [0.25, 0.3) is 22.4 Å². The van der Waals surface area contributed by atoms with Crippen molar-refractivity contribution in [3.05, 3.63) is 41.9 Å². The highest BCUT2D eigenvalue weighted by molar-refractivity contribution is 5.82. The van der Waals surface area contributed by atoms with Crippen molar-refractivity contribution in [1.29, 1.82) is 0 Å². The van der Waals surface area contributed by atoms with Gasteiger partial charge in [0.15, 0.2) is 12.0 Å². The van der Waals surface area contributed by atoms with Crippen LogP contribution in [0.15, 0.2) is 34.7 Å². The Kier molecular flexibility index (Phi) is 2.71. The van der Waals surface area contributed by atoms with Crippen LogP contribution >= 0.6 is 0 Å². The number of carbonyl (C=O) groups excluding carboxylic acids is 1. The number of fused-ring (bicyclic) bond motifs is 1. The van der Waals surface area contributed by atoms with Gasteiger partial charge in [-0.15, -0.1) is 0 Å². The molecule has 4 nitrogen and oxygen atoms in total. The standard InChI is InChI=1S/C15H14N2O2/c1-3-15-16-12-8-10(4-6-13(12)17(15)2)14-7-5-11(9-18)19-14/h4-9H,3H2,1-2H3. The number of aromatic nitrogens is 2. The normalized spacial score (nSPS) is 11.1. The van der Waals surface area contributed by atoms with Crippen LogP contribution in [0, 0.1) is 0 Å². The van der Waals surface area contributed by atoms with Crippen molar-refractivity contribution in [2.45, 2.75) is 13.3 Å². The lowest BCUT2D eigenvalue weighted by Crippen LogP contribution is -1.94. The van der Waals surface area contributed by atoms with E-state index in [1.54, 1.807) is 12.1 Å². The van der Waals surface area contributed by atoms with E-state index < -0.39 is 0 Å². The van der Waals surface area contributed by atoms with Gasteiger partial charge in [0.1, 0.15) is 11.6 Å². The summed E-state index contributed by atoms with van der Waals surface area (Å²) < 4.78 is 7.52. The van der Waals surface area contributed by atoms with Gasteiger partial charge >= 0.3 is 0 Å². The summed E-state index contributed by atoms with van der Waals surface area (Å²) in [4.78, 5) is 15.2. The molecule has 4 heteroatoms. The highest BCUT2D eigenvalue weighted by atomic mass is 16.3. The third-order valence-electron chi connectivity index (χ3n) is 3.32. The smallest absolute Gasteiger partial charge is 0.185 e. The number of furan rings is 1. The molecule has 3 rings (SSSR count). The van der Waals surface area contributed by atoms with E-state index in [1.165, 1.54) is 0 Å². The minimum Gasteiger partial charge on any atom is -0.453 e. The molecule has 0 aliphatic heterocycles. The minimum absolute atomic E-state index is 0.338. The topological polar surface area (TPSA) is 48.0 Å². The van der Waals surface area contributed by atoms with Gasteiger partial charge < -0.3 is 8.98 Å². The predicted octanol–water partition coefficient (Wildman–Crippen LogP) is 3.21. The molecule has 0 unspecified atom stereocenters. The van der Waals surface area contributed by atoms with Crippen LogP contribution in [-0.2, 0) is 13.5 Å². The molecule has 96 valence electrons. The second-order valence-corrected chi connectivity index (χ2v) is 4.46. The van der Waals surface area contributed by atoms with Crippen molar-refractivity contribution >= 4 is 17.3 Å². The average molecular weight is 254 g/mol. The third-order valence-corrected chi connectivity index (χ3v) is 3.32. The van der Waals surface area contributed by atoms with Crippen molar-refractivity contribution in [2.75, 3.05) is 0 Å². The maximum absolute atomic E-state index is 10.6. The van der Waals surface area contributed by atoms with E-state index in [1.807, 2.05) is 25.2 Å². The molecule has 0 amide bonds. The molecular formula is C15H14N2O2. The Bertz CT molecular complexity index is 753. The molecule has 19 heavy (non-hydrogen) atoms. The molecule has 0 bridgehead atoms. The fraction of sp³-hybridized carbons (Fsp3) is 0.200. The van der Waals surface area contributed by atoms with Gasteiger partial charge in [-0.3, -0.25) is 4.79 Å². The average Bonchev–Trinajstić information content (AvgIpc) is 3.03. The van der Waals surface area contributed by atoms with E-state index in [9.17, 15) is 4.79 Å². The number of hydrogen-bond acceptors (Lipinski definition) is 3. The summed E-state index contributed by atoms with van der Waals surface area (Å²) in [6, 6.07) is 9.47. The first-order valence-electron chi connectivity index (χ1n) is 6.23. The van der Waals surface area contributed by atoms with Crippen LogP contribution in [0.2, 0.25) is 0 Å². The highest BCUT2D eigenvalue weighted by Crippen LogP contribution is 2.26. The minimum atomic E-state index is 0.338. The van der Waals surface area contributed by atoms with Crippen molar-refractivity contribution in [2.24, 2.45) is 7.05 Å². The van der Waals surface area contributed by atoms with Gasteiger partial charge in [-0.25, -0.2) is 4.98 Å². The SMILES string of the molecule is CCc1nc2cc(-c3ccc(C=O)o3)ccc2n1C.